The first-order valence-electron chi connectivity index (χ1n) is 10.1. The predicted molar refractivity (Wildman–Crippen MR) is 130 cm³/mol. The summed E-state index contributed by atoms with van der Waals surface area (Å²) in [6, 6.07) is 10.6. The lowest BCUT2D eigenvalue weighted by Crippen LogP contribution is -2.51. The van der Waals surface area contributed by atoms with E-state index in [-0.39, 0.29) is 28.2 Å². The molecule has 2 rings (SSSR count). The van der Waals surface area contributed by atoms with Crippen molar-refractivity contribution in [2.45, 2.75) is 25.9 Å². The highest BCUT2D eigenvalue weighted by molar-refractivity contribution is 7.92. The highest BCUT2D eigenvalue weighted by atomic mass is 35.5. The molecule has 8 nitrogen and oxygen atoms in total. The molecule has 180 valence electrons. The minimum atomic E-state index is -3.91. The number of carbonyl (C=O) groups is 2. The SMILES string of the molecule is CC[C@@H](C(=O)NC)N(Cc1cccc(OC)c1)C(=O)CN(c1cc(Cl)ccc1Cl)S(C)(=O)=O. The van der Waals surface area contributed by atoms with Crippen molar-refractivity contribution in [3.63, 3.8) is 0 Å². The summed E-state index contributed by atoms with van der Waals surface area (Å²) in [5.74, 6) is -0.341. The molecule has 2 amide bonds. The topological polar surface area (TPSA) is 96.0 Å². The maximum Gasteiger partial charge on any atom is 0.244 e. The minimum Gasteiger partial charge on any atom is -0.497 e. The number of anilines is 1. The van der Waals surface area contributed by atoms with E-state index in [4.69, 9.17) is 27.9 Å². The van der Waals surface area contributed by atoms with Gasteiger partial charge in [0.1, 0.15) is 18.3 Å². The molecular weight excluding hydrogens is 489 g/mol. The van der Waals surface area contributed by atoms with Crippen molar-refractivity contribution in [1.82, 2.24) is 10.2 Å². The van der Waals surface area contributed by atoms with Crippen LogP contribution in [0.4, 0.5) is 5.69 Å². The minimum absolute atomic E-state index is 0.0723. The molecule has 1 N–H and O–H groups in total. The van der Waals surface area contributed by atoms with Gasteiger partial charge in [-0.1, -0.05) is 42.3 Å². The van der Waals surface area contributed by atoms with E-state index < -0.39 is 28.5 Å². The molecule has 1 atom stereocenters. The fourth-order valence-corrected chi connectivity index (χ4v) is 4.61. The number of nitrogens with zero attached hydrogens (tertiary/aromatic N) is 2. The Bertz CT molecular complexity index is 1110. The summed E-state index contributed by atoms with van der Waals surface area (Å²) >= 11 is 12.3. The lowest BCUT2D eigenvalue weighted by Gasteiger charge is -2.32. The van der Waals surface area contributed by atoms with Crippen LogP contribution in [0.25, 0.3) is 0 Å². The zero-order chi connectivity index (χ0) is 24.8. The molecule has 0 radical (unpaired) electrons. The Morgan fingerprint density at radius 2 is 1.85 bits per heavy atom. The third-order valence-electron chi connectivity index (χ3n) is 4.98. The van der Waals surface area contributed by atoms with Crippen LogP contribution in [0.15, 0.2) is 42.5 Å². The van der Waals surface area contributed by atoms with E-state index in [0.717, 1.165) is 16.1 Å². The van der Waals surface area contributed by atoms with E-state index in [9.17, 15) is 18.0 Å². The number of amides is 2. The standard InChI is InChI=1S/C22H27Cl2N3O5S/c1-5-19(22(29)25-2)26(13-15-7-6-8-17(11-15)32-3)21(28)14-27(33(4,30)31)20-12-16(23)9-10-18(20)24/h6-12,19H,5,13-14H2,1-4H3,(H,25,29)/t19-/m0/s1. The molecule has 0 unspecified atom stereocenters. The van der Waals surface area contributed by atoms with Crippen molar-refractivity contribution < 1.29 is 22.7 Å². The van der Waals surface area contributed by atoms with Crippen LogP contribution in [0, 0.1) is 0 Å². The zero-order valence-corrected chi connectivity index (χ0v) is 21.2. The van der Waals surface area contributed by atoms with Gasteiger partial charge in [0, 0.05) is 18.6 Å². The van der Waals surface area contributed by atoms with Crippen molar-refractivity contribution in [1.29, 1.82) is 0 Å². The number of halogens is 2. The van der Waals surface area contributed by atoms with Crippen LogP contribution < -0.4 is 14.4 Å². The first-order chi connectivity index (χ1) is 15.5. The van der Waals surface area contributed by atoms with E-state index in [1.165, 1.54) is 37.3 Å². The normalized spacial score (nSPS) is 12.1. The van der Waals surface area contributed by atoms with Gasteiger partial charge >= 0.3 is 0 Å². The number of rotatable bonds is 10. The molecule has 0 spiro atoms. The van der Waals surface area contributed by atoms with Crippen LogP contribution in [0.2, 0.25) is 10.0 Å². The molecule has 0 saturated heterocycles. The quantitative estimate of drug-likeness (QED) is 0.523. The number of hydrogen-bond donors (Lipinski definition) is 1. The van der Waals surface area contributed by atoms with Crippen LogP contribution in [0.1, 0.15) is 18.9 Å². The lowest BCUT2D eigenvalue weighted by atomic mass is 10.1. The van der Waals surface area contributed by atoms with Crippen molar-refractivity contribution in [3.8, 4) is 5.75 Å². The van der Waals surface area contributed by atoms with Gasteiger partial charge in [0.2, 0.25) is 21.8 Å². The molecule has 0 aliphatic carbocycles. The van der Waals surface area contributed by atoms with E-state index in [1.807, 2.05) is 0 Å². The third-order valence-corrected chi connectivity index (χ3v) is 6.66. The first-order valence-corrected chi connectivity index (χ1v) is 12.7. The van der Waals surface area contributed by atoms with E-state index in [0.29, 0.717) is 12.2 Å². The highest BCUT2D eigenvalue weighted by Crippen LogP contribution is 2.31. The maximum atomic E-state index is 13.5. The molecule has 0 fully saturated rings. The zero-order valence-electron chi connectivity index (χ0n) is 18.8. The van der Waals surface area contributed by atoms with Gasteiger partial charge in [0.25, 0.3) is 0 Å². The summed E-state index contributed by atoms with van der Waals surface area (Å²) in [6.07, 6.45) is 1.30. The molecule has 0 heterocycles. The maximum absolute atomic E-state index is 13.5. The van der Waals surface area contributed by atoms with E-state index >= 15 is 0 Å². The monoisotopic (exact) mass is 515 g/mol. The smallest absolute Gasteiger partial charge is 0.244 e. The number of benzene rings is 2. The second-order valence-electron chi connectivity index (χ2n) is 7.28. The number of hydrogen-bond acceptors (Lipinski definition) is 5. The Labute approximate surface area is 204 Å². The number of sulfonamides is 1. The summed E-state index contributed by atoms with van der Waals surface area (Å²) in [6.45, 7) is 1.28. The molecule has 0 bridgehead atoms. The number of likely N-dealkylation sites (N-methyl/N-ethyl adjacent to an activating group) is 1. The van der Waals surface area contributed by atoms with Gasteiger partial charge < -0.3 is 15.0 Å². The first kappa shape index (κ1) is 26.8. The molecule has 2 aromatic carbocycles. The Morgan fingerprint density at radius 3 is 2.42 bits per heavy atom. The molecule has 33 heavy (non-hydrogen) atoms. The van der Waals surface area contributed by atoms with Gasteiger partial charge in [-0.3, -0.25) is 13.9 Å². The summed E-state index contributed by atoms with van der Waals surface area (Å²) in [7, 11) is -0.898. The molecule has 2 aromatic rings. The fraction of sp³-hybridized carbons (Fsp3) is 0.364. The van der Waals surface area contributed by atoms with Crippen LogP contribution in [0.5, 0.6) is 5.75 Å². The predicted octanol–water partition coefficient (Wildman–Crippen LogP) is 3.32. The summed E-state index contributed by atoms with van der Waals surface area (Å²) in [4.78, 5) is 27.4. The van der Waals surface area contributed by atoms with Gasteiger partial charge in [-0.15, -0.1) is 0 Å². The van der Waals surface area contributed by atoms with Crippen LogP contribution >= 0.6 is 23.2 Å². The van der Waals surface area contributed by atoms with Gasteiger partial charge in [0.05, 0.1) is 24.1 Å². The fourth-order valence-electron chi connectivity index (χ4n) is 3.33. The molecule has 11 heteroatoms. The molecule has 0 aromatic heterocycles. The molecule has 0 aliphatic heterocycles. The average molecular weight is 516 g/mol. The van der Waals surface area contributed by atoms with E-state index in [2.05, 4.69) is 5.32 Å². The Hall–Kier alpha value is -2.49. The second kappa shape index (κ2) is 11.6. The summed E-state index contributed by atoms with van der Waals surface area (Å²) in [5, 5.41) is 2.95. The number of nitrogens with one attached hydrogen (secondary N) is 1. The number of carbonyl (C=O) groups excluding carboxylic acids is 2. The summed E-state index contributed by atoms with van der Waals surface area (Å²) < 4.78 is 31.3. The van der Waals surface area contributed by atoms with Crippen LogP contribution in [-0.2, 0) is 26.2 Å². The Balaban J connectivity index is 2.48. The van der Waals surface area contributed by atoms with Crippen molar-refractivity contribution >= 4 is 50.7 Å². The molecule has 0 aliphatic rings. The van der Waals surface area contributed by atoms with Crippen molar-refractivity contribution in [2.75, 3.05) is 31.3 Å². The van der Waals surface area contributed by atoms with E-state index in [1.54, 1.807) is 31.2 Å². The van der Waals surface area contributed by atoms with Crippen molar-refractivity contribution in [2.24, 2.45) is 0 Å². The number of methoxy groups -OCH3 is 1. The molecular formula is C22H27Cl2N3O5S. The Morgan fingerprint density at radius 1 is 1.15 bits per heavy atom. The molecule has 0 saturated carbocycles. The van der Waals surface area contributed by atoms with Gasteiger partial charge in [-0.2, -0.15) is 0 Å². The number of ether oxygens (including phenoxy) is 1. The van der Waals surface area contributed by atoms with Gasteiger partial charge in [-0.25, -0.2) is 8.42 Å². The van der Waals surface area contributed by atoms with Crippen LogP contribution in [-0.4, -0.2) is 58.1 Å². The Kier molecular flexibility index (Phi) is 9.39. The van der Waals surface area contributed by atoms with Crippen molar-refractivity contribution in [3.05, 3.63) is 58.1 Å². The third kappa shape index (κ3) is 6.99. The second-order valence-corrected chi connectivity index (χ2v) is 10.0. The lowest BCUT2D eigenvalue weighted by molar-refractivity contribution is -0.140. The summed E-state index contributed by atoms with van der Waals surface area (Å²) in [5.41, 5.74) is 0.797. The van der Waals surface area contributed by atoms with Gasteiger partial charge in [0.15, 0.2) is 0 Å². The largest absolute Gasteiger partial charge is 0.497 e. The van der Waals surface area contributed by atoms with Crippen LogP contribution in [0.3, 0.4) is 0 Å². The average Bonchev–Trinajstić information content (AvgIpc) is 2.78. The van der Waals surface area contributed by atoms with Gasteiger partial charge in [-0.05, 0) is 42.3 Å². The highest BCUT2D eigenvalue weighted by Gasteiger charge is 2.32.